The summed E-state index contributed by atoms with van der Waals surface area (Å²) >= 11 is 0. The van der Waals surface area contributed by atoms with Crippen molar-refractivity contribution in [3.05, 3.63) is 59.5 Å². The predicted octanol–water partition coefficient (Wildman–Crippen LogP) is 4.10. The third-order valence-corrected chi connectivity index (χ3v) is 5.49. The van der Waals surface area contributed by atoms with Crippen LogP contribution in [0, 0.1) is 0 Å². The van der Waals surface area contributed by atoms with Crippen LogP contribution in [0.15, 0.2) is 47.0 Å². The zero-order valence-corrected chi connectivity index (χ0v) is 17.9. The molecule has 1 amide bonds. The summed E-state index contributed by atoms with van der Waals surface area (Å²) in [6.45, 7) is 2.07. The molecule has 0 saturated carbocycles. The van der Waals surface area contributed by atoms with Crippen LogP contribution in [-0.2, 0) is 24.2 Å². The Morgan fingerprint density at radius 2 is 1.84 bits per heavy atom. The van der Waals surface area contributed by atoms with E-state index in [4.69, 9.17) is 14.0 Å². The van der Waals surface area contributed by atoms with Crippen LogP contribution in [0.5, 0.6) is 11.5 Å². The number of aromatic nitrogens is 2. The van der Waals surface area contributed by atoms with Gasteiger partial charge in [0.15, 0.2) is 6.10 Å². The summed E-state index contributed by atoms with van der Waals surface area (Å²) in [5, 5.41) is 6.82. The van der Waals surface area contributed by atoms with E-state index in [1.54, 1.807) is 7.11 Å². The molecule has 31 heavy (non-hydrogen) atoms. The molecule has 1 aliphatic carbocycles. The lowest BCUT2D eigenvalue weighted by Gasteiger charge is -2.20. The molecule has 0 saturated heterocycles. The zero-order chi connectivity index (χ0) is 21.6. The van der Waals surface area contributed by atoms with Crippen LogP contribution < -0.4 is 14.8 Å². The lowest BCUT2D eigenvalue weighted by Crippen LogP contribution is -2.37. The standard InChI is InChI=1S/C24H27N3O4/c1-3-21(30-20-13-8-16-6-4-5-7-18(16)14-20)24(28)25-15-22-26-23(27-31-22)17-9-11-19(29-2)12-10-17/h8-14,21H,3-7,15H2,1-2H3,(H,25,28). The van der Waals surface area contributed by atoms with Crippen LogP contribution in [-0.4, -0.2) is 29.3 Å². The first kappa shape index (κ1) is 20.9. The molecule has 7 nitrogen and oxygen atoms in total. The van der Waals surface area contributed by atoms with Gasteiger partial charge < -0.3 is 19.3 Å². The van der Waals surface area contributed by atoms with Crippen molar-refractivity contribution in [2.24, 2.45) is 0 Å². The highest BCUT2D eigenvalue weighted by atomic mass is 16.5. The van der Waals surface area contributed by atoms with E-state index in [1.807, 2.05) is 37.3 Å². The fraction of sp³-hybridized carbons (Fsp3) is 0.375. The van der Waals surface area contributed by atoms with Gasteiger partial charge in [0.2, 0.25) is 11.7 Å². The number of hydrogen-bond acceptors (Lipinski definition) is 6. The van der Waals surface area contributed by atoms with Crippen molar-refractivity contribution in [3.63, 3.8) is 0 Å². The molecule has 0 bridgehead atoms. The molecule has 3 aromatic rings. The van der Waals surface area contributed by atoms with Crippen LogP contribution in [0.25, 0.3) is 11.4 Å². The maximum Gasteiger partial charge on any atom is 0.261 e. The molecule has 7 heteroatoms. The molecular weight excluding hydrogens is 394 g/mol. The number of nitrogens with zero attached hydrogens (tertiary/aromatic N) is 2. The van der Waals surface area contributed by atoms with Crippen molar-refractivity contribution in [3.8, 4) is 22.9 Å². The third-order valence-electron chi connectivity index (χ3n) is 5.49. The van der Waals surface area contributed by atoms with Gasteiger partial charge in [-0.3, -0.25) is 4.79 Å². The highest BCUT2D eigenvalue weighted by Gasteiger charge is 2.20. The fourth-order valence-corrected chi connectivity index (χ4v) is 3.73. The van der Waals surface area contributed by atoms with E-state index in [0.717, 1.165) is 29.9 Å². The second-order valence-electron chi connectivity index (χ2n) is 7.61. The monoisotopic (exact) mass is 421 g/mol. The summed E-state index contributed by atoms with van der Waals surface area (Å²) in [5.74, 6) is 2.09. The van der Waals surface area contributed by atoms with Crippen molar-refractivity contribution >= 4 is 5.91 Å². The Morgan fingerprint density at radius 3 is 2.58 bits per heavy atom. The van der Waals surface area contributed by atoms with Crippen LogP contribution in [0.4, 0.5) is 0 Å². The molecule has 1 aromatic heterocycles. The summed E-state index contributed by atoms with van der Waals surface area (Å²) in [6, 6.07) is 13.5. The lowest BCUT2D eigenvalue weighted by molar-refractivity contribution is -0.128. The van der Waals surface area contributed by atoms with Crippen molar-refractivity contribution in [2.75, 3.05) is 7.11 Å². The maximum atomic E-state index is 12.6. The molecule has 0 spiro atoms. The van der Waals surface area contributed by atoms with Gasteiger partial charge in [-0.1, -0.05) is 18.1 Å². The molecule has 162 valence electrons. The van der Waals surface area contributed by atoms with Crippen LogP contribution in [0.3, 0.4) is 0 Å². The average Bonchev–Trinajstić information content (AvgIpc) is 3.30. The van der Waals surface area contributed by atoms with Crippen molar-refractivity contribution in [2.45, 2.75) is 51.7 Å². The summed E-state index contributed by atoms with van der Waals surface area (Å²) in [7, 11) is 1.61. The van der Waals surface area contributed by atoms with E-state index >= 15 is 0 Å². The Hall–Kier alpha value is -3.35. The number of aryl methyl sites for hydroxylation is 2. The quantitative estimate of drug-likeness (QED) is 0.589. The smallest absolute Gasteiger partial charge is 0.261 e. The predicted molar refractivity (Wildman–Crippen MR) is 116 cm³/mol. The van der Waals surface area contributed by atoms with Crippen LogP contribution in [0.2, 0.25) is 0 Å². The van der Waals surface area contributed by atoms with Crippen LogP contribution >= 0.6 is 0 Å². The van der Waals surface area contributed by atoms with Crippen LogP contribution in [0.1, 0.15) is 43.2 Å². The molecule has 0 aliphatic heterocycles. The first-order valence-corrected chi connectivity index (χ1v) is 10.7. The normalized spacial score (nSPS) is 13.9. The molecular formula is C24H27N3O4. The second kappa shape index (κ2) is 9.64. The topological polar surface area (TPSA) is 86.5 Å². The van der Waals surface area contributed by atoms with Gasteiger partial charge in [-0.25, -0.2) is 0 Å². The van der Waals surface area contributed by atoms with E-state index in [1.165, 1.54) is 24.0 Å². The summed E-state index contributed by atoms with van der Waals surface area (Å²) in [5.41, 5.74) is 3.53. The molecule has 4 rings (SSSR count). The van der Waals surface area contributed by atoms with Gasteiger partial charge in [0.1, 0.15) is 11.5 Å². The van der Waals surface area contributed by atoms with Crippen molar-refractivity contribution in [1.29, 1.82) is 0 Å². The lowest BCUT2D eigenvalue weighted by atomic mass is 9.92. The first-order chi connectivity index (χ1) is 15.2. The van der Waals surface area contributed by atoms with Crippen molar-refractivity contribution < 1.29 is 18.8 Å². The molecule has 2 aromatic carbocycles. The van der Waals surface area contributed by atoms with E-state index in [0.29, 0.717) is 18.1 Å². The van der Waals surface area contributed by atoms with Gasteiger partial charge in [0, 0.05) is 5.56 Å². The number of carbonyl (C=O) groups excluding carboxylic acids is 1. The fourth-order valence-electron chi connectivity index (χ4n) is 3.73. The molecule has 0 radical (unpaired) electrons. The highest BCUT2D eigenvalue weighted by molar-refractivity contribution is 5.81. The zero-order valence-electron chi connectivity index (χ0n) is 17.9. The summed E-state index contributed by atoms with van der Waals surface area (Å²) in [6.07, 6.45) is 4.62. The van der Waals surface area contributed by atoms with Gasteiger partial charge in [-0.15, -0.1) is 0 Å². The van der Waals surface area contributed by atoms with Gasteiger partial charge in [0.05, 0.1) is 13.7 Å². The first-order valence-electron chi connectivity index (χ1n) is 10.7. The van der Waals surface area contributed by atoms with E-state index in [9.17, 15) is 4.79 Å². The van der Waals surface area contributed by atoms with E-state index in [2.05, 4.69) is 27.6 Å². The van der Waals surface area contributed by atoms with E-state index < -0.39 is 6.10 Å². The highest BCUT2D eigenvalue weighted by Crippen LogP contribution is 2.26. The Bertz CT molecular complexity index is 1030. The number of rotatable bonds is 8. The molecule has 1 heterocycles. The Kier molecular flexibility index (Phi) is 6.50. The average molecular weight is 421 g/mol. The Labute approximate surface area is 181 Å². The number of fused-ring (bicyclic) bond motifs is 1. The molecule has 1 unspecified atom stereocenters. The van der Waals surface area contributed by atoms with E-state index in [-0.39, 0.29) is 12.5 Å². The number of methoxy groups -OCH3 is 1. The number of benzene rings is 2. The van der Waals surface area contributed by atoms with Crippen molar-refractivity contribution in [1.82, 2.24) is 15.5 Å². The molecule has 1 N–H and O–H groups in total. The summed E-state index contributed by atoms with van der Waals surface area (Å²) in [4.78, 5) is 17.0. The molecule has 0 fully saturated rings. The van der Waals surface area contributed by atoms with Gasteiger partial charge in [0.25, 0.3) is 5.91 Å². The Balaban J connectivity index is 1.34. The minimum atomic E-state index is -0.578. The van der Waals surface area contributed by atoms with Gasteiger partial charge in [-0.2, -0.15) is 4.98 Å². The largest absolute Gasteiger partial charge is 0.497 e. The number of nitrogens with one attached hydrogen (secondary N) is 1. The summed E-state index contributed by atoms with van der Waals surface area (Å²) < 4.78 is 16.4. The van der Waals surface area contributed by atoms with Gasteiger partial charge in [-0.05, 0) is 79.6 Å². The minimum absolute atomic E-state index is 0.145. The second-order valence-corrected chi connectivity index (χ2v) is 7.61. The Morgan fingerprint density at radius 1 is 1.10 bits per heavy atom. The number of hydrogen-bond donors (Lipinski definition) is 1. The minimum Gasteiger partial charge on any atom is -0.497 e. The number of amides is 1. The van der Waals surface area contributed by atoms with Gasteiger partial charge >= 0.3 is 0 Å². The SMILES string of the molecule is CCC(Oc1ccc2c(c1)CCCC2)C(=O)NCc1nc(-c2ccc(OC)cc2)no1. The maximum absolute atomic E-state index is 12.6. The third kappa shape index (κ3) is 5.05. The number of ether oxygens (including phenoxy) is 2. The molecule has 1 atom stereocenters. The number of carbonyl (C=O) groups is 1. The molecule has 1 aliphatic rings.